The molecule has 5 heterocycles. The number of aromatic amines is 1. The van der Waals surface area contributed by atoms with Crippen LogP contribution in [0.25, 0.3) is 33.2 Å². The van der Waals surface area contributed by atoms with Crippen LogP contribution in [0, 0.1) is 13.8 Å². The summed E-state index contributed by atoms with van der Waals surface area (Å²) in [5.74, 6) is -0.196. The molecule has 8 rings (SSSR count). The van der Waals surface area contributed by atoms with Crippen LogP contribution in [0.5, 0.6) is 0 Å². The second kappa shape index (κ2) is 15.1. The van der Waals surface area contributed by atoms with Crippen molar-refractivity contribution in [2.75, 3.05) is 49.1 Å². The molecular weight excluding hydrogens is 721 g/mol. The summed E-state index contributed by atoms with van der Waals surface area (Å²) in [6.07, 6.45) is 2.84. The number of aryl methyl sites for hydroxylation is 2. The first-order valence-electron chi connectivity index (χ1n) is 19.5. The van der Waals surface area contributed by atoms with Crippen LogP contribution in [0.4, 0.5) is 16.2 Å². The Kier molecular flexibility index (Phi) is 9.98. The summed E-state index contributed by atoms with van der Waals surface area (Å²) in [5, 5.41) is 11.4. The highest BCUT2D eigenvalue weighted by molar-refractivity contribution is 6.12. The number of hydrogen-bond donors (Lipinski definition) is 3. The van der Waals surface area contributed by atoms with Crippen LogP contribution in [0.1, 0.15) is 78.9 Å². The average molecular weight is 769 g/mol. The van der Waals surface area contributed by atoms with Gasteiger partial charge in [0.2, 0.25) is 5.91 Å². The van der Waals surface area contributed by atoms with Crippen molar-refractivity contribution in [1.82, 2.24) is 40.6 Å². The zero-order chi connectivity index (χ0) is 40.0. The van der Waals surface area contributed by atoms with Crippen LogP contribution in [0.2, 0.25) is 0 Å². The number of nitrogens with one attached hydrogen (secondary N) is 3. The minimum atomic E-state index is -0.409. The van der Waals surface area contributed by atoms with Crippen molar-refractivity contribution in [1.29, 1.82) is 0 Å². The van der Waals surface area contributed by atoms with E-state index in [0.717, 1.165) is 94.7 Å². The Hall–Kier alpha value is -6.15. The molecule has 2 aliphatic heterocycles. The van der Waals surface area contributed by atoms with Crippen molar-refractivity contribution in [2.45, 2.75) is 65.8 Å². The van der Waals surface area contributed by atoms with Crippen LogP contribution >= 0.6 is 0 Å². The molecule has 3 aromatic heterocycles. The van der Waals surface area contributed by atoms with Gasteiger partial charge in [0.15, 0.2) is 5.82 Å². The number of rotatable bonds is 9. The number of imide groups is 1. The Bertz CT molecular complexity index is 2510. The number of fused-ring (bicyclic) bond motifs is 3. The van der Waals surface area contributed by atoms with Crippen molar-refractivity contribution in [3.05, 3.63) is 94.9 Å². The Labute approximate surface area is 331 Å². The van der Waals surface area contributed by atoms with Crippen LogP contribution in [-0.2, 0) is 16.6 Å². The third-order valence-electron chi connectivity index (χ3n) is 11.1. The lowest BCUT2D eigenvalue weighted by Crippen LogP contribution is -2.49. The highest BCUT2D eigenvalue weighted by Gasteiger charge is 2.27. The lowest BCUT2D eigenvalue weighted by atomic mass is 9.96. The van der Waals surface area contributed by atoms with Crippen LogP contribution < -0.4 is 20.4 Å². The second-order valence-corrected chi connectivity index (χ2v) is 16.2. The van der Waals surface area contributed by atoms with Gasteiger partial charge >= 0.3 is 17.8 Å². The van der Waals surface area contributed by atoms with Gasteiger partial charge in [0.1, 0.15) is 12.0 Å². The number of nitrogens with zero attached hydrogens (tertiary/aromatic N) is 7. The maximum absolute atomic E-state index is 12.9. The standard InChI is InChI=1S/C43H48N10O4/c1-25-22-29(8-10-31(25)27(3)46-39(55)40-49-41(50-57-40)43(4,5)6)37-36-32-11-9-30(23-33(32)47-38(36)45-24-44-37)52-19-17-51(18-20-52)15-13-28-7-12-34(26(2)21-28)53-16-14-35(54)48-42(53)56/h7-12,21-24,27H,13-20H2,1-6H3,(H,46,55)(H,44,45,47)(H,48,54,56)/t27-/m1/s1. The number of urea groups is 1. The van der Waals surface area contributed by atoms with Crippen molar-refractivity contribution >= 4 is 51.2 Å². The monoisotopic (exact) mass is 768 g/mol. The van der Waals surface area contributed by atoms with Crippen molar-refractivity contribution < 1.29 is 18.9 Å². The van der Waals surface area contributed by atoms with E-state index in [1.807, 2.05) is 59.7 Å². The smallest absolute Gasteiger partial charge is 0.328 e. The van der Waals surface area contributed by atoms with Gasteiger partial charge in [0.25, 0.3) is 0 Å². The van der Waals surface area contributed by atoms with E-state index in [1.54, 1.807) is 11.2 Å². The fourth-order valence-electron chi connectivity index (χ4n) is 7.88. The van der Waals surface area contributed by atoms with E-state index < -0.39 is 5.91 Å². The van der Waals surface area contributed by atoms with Crippen molar-refractivity contribution in [3.63, 3.8) is 0 Å². The number of piperazine rings is 1. The van der Waals surface area contributed by atoms with Gasteiger partial charge in [-0.15, -0.1) is 0 Å². The third kappa shape index (κ3) is 7.69. The van der Waals surface area contributed by atoms with E-state index in [1.165, 1.54) is 11.3 Å². The minimum Gasteiger partial charge on any atom is -0.369 e. The highest BCUT2D eigenvalue weighted by Crippen LogP contribution is 2.35. The SMILES string of the molecule is Cc1cc(-c2ncnc3[nH]c4cc(N5CCN(CCc6ccc(N7CCC(=O)NC7=O)c(C)c6)CC5)ccc4c23)ccc1[C@@H](C)NC(=O)c1nc(C(C)(C)C)no1. The molecule has 0 radical (unpaired) electrons. The molecule has 0 saturated carbocycles. The number of H-pyrrole nitrogens is 1. The van der Waals surface area contributed by atoms with Gasteiger partial charge in [-0.25, -0.2) is 14.8 Å². The molecule has 0 spiro atoms. The lowest BCUT2D eigenvalue weighted by Gasteiger charge is -2.36. The molecule has 2 saturated heterocycles. The van der Waals surface area contributed by atoms with E-state index in [0.29, 0.717) is 18.8 Å². The number of carbonyl (C=O) groups is 3. The van der Waals surface area contributed by atoms with Gasteiger partial charge in [0.05, 0.1) is 17.1 Å². The summed E-state index contributed by atoms with van der Waals surface area (Å²) in [4.78, 5) is 60.6. The predicted molar refractivity (Wildman–Crippen MR) is 219 cm³/mol. The second-order valence-electron chi connectivity index (χ2n) is 16.2. The molecule has 14 heteroatoms. The minimum absolute atomic E-state index is 0.0485. The molecule has 0 bridgehead atoms. The Balaban J connectivity index is 0.911. The summed E-state index contributed by atoms with van der Waals surface area (Å²) in [7, 11) is 0. The molecular formula is C43H48N10O4. The van der Waals surface area contributed by atoms with Crippen molar-refractivity contribution in [3.8, 4) is 11.3 Å². The summed E-state index contributed by atoms with van der Waals surface area (Å²) in [6.45, 7) is 17.0. The van der Waals surface area contributed by atoms with E-state index in [2.05, 4.69) is 76.9 Å². The van der Waals surface area contributed by atoms with Gasteiger partial charge in [-0.05, 0) is 73.7 Å². The molecule has 6 aromatic rings. The maximum Gasteiger partial charge on any atom is 0.328 e. The number of anilines is 2. The Morgan fingerprint density at radius 3 is 2.47 bits per heavy atom. The predicted octanol–water partition coefficient (Wildman–Crippen LogP) is 6.38. The first-order valence-corrected chi connectivity index (χ1v) is 19.5. The maximum atomic E-state index is 12.9. The number of amides is 4. The van der Waals surface area contributed by atoms with E-state index in [-0.39, 0.29) is 29.3 Å². The van der Waals surface area contributed by atoms with Gasteiger partial charge in [-0.1, -0.05) is 56.3 Å². The Morgan fingerprint density at radius 2 is 1.75 bits per heavy atom. The van der Waals surface area contributed by atoms with E-state index >= 15 is 0 Å². The van der Waals surface area contributed by atoms with Crippen LogP contribution in [0.3, 0.4) is 0 Å². The first kappa shape index (κ1) is 37.8. The Morgan fingerprint density at radius 1 is 0.947 bits per heavy atom. The molecule has 0 aliphatic carbocycles. The van der Waals surface area contributed by atoms with Crippen LogP contribution in [-0.4, -0.2) is 87.1 Å². The van der Waals surface area contributed by atoms with Gasteiger partial charge in [-0.3, -0.25) is 24.7 Å². The molecule has 2 fully saturated rings. The number of hydrogen-bond acceptors (Lipinski definition) is 10. The molecule has 0 unspecified atom stereocenters. The zero-order valence-corrected chi connectivity index (χ0v) is 33.3. The molecule has 3 aromatic carbocycles. The largest absolute Gasteiger partial charge is 0.369 e. The average Bonchev–Trinajstić information content (AvgIpc) is 3.84. The highest BCUT2D eigenvalue weighted by atomic mass is 16.5. The van der Waals surface area contributed by atoms with E-state index in [4.69, 9.17) is 9.51 Å². The topological polar surface area (TPSA) is 165 Å². The number of carbonyl (C=O) groups excluding carboxylic acids is 3. The molecule has 3 N–H and O–H groups in total. The van der Waals surface area contributed by atoms with Crippen molar-refractivity contribution in [2.24, 2.45) is 0 Å². The number of benzene rings is 3. The zero-order valence-electron chi connectivity index (χ0n) is 33.3. The summed E-state index contributed by atoms with van der Waals surface area (Å²) >= 11 is 0. The molecule has 4 amide bonds. The fraction of sp³-hybridized carbons (Fsp3) is 0.372. The summed E-state index contributed by atoms with van der Waals surface area (Å²) in [5.41, 5.74) is 9.57. The lowest BCUT2D eigenvalue weighted by molar-refractivity contribution is -0.120. The molecule has 1 atom stereocenters. The quantitative estimate of drug-likeness (QED) is 0.150. The molecule has 2 aliphatic rings. The normalized spacial score (nSPS) is 16.0. The molecule has 14 nitrogen and oxygen atoms in total. The molecule has 294 valence electrons. The van der Waals surface area contributed by atoms with Gasteiger partial charge < -0.3 is 19.7 Å². The fourth-order valence-corrected chi connectivity index (χ4v) is 7.88. The molecule has 57 heavy (non-hydrogen) atoms. The van der Waals surface area contributed by atoms with E-state index in [9.17, 15) is 14.4 Å². The van der Waals surface area contributed by atoms with Crippen LogP contribution in [0.15, 0.2) is 65.4 Å². The number of aromatic nitrogens is 5. The summed E-state index contributed by atoms with van der Waals surface area (Å²) < 4.78 is 5.25. The first-order chi connectivity index (χ1) is 27.3. The van der Waals surface area contributed by atoms with Gasteiger partial charge in [-0.2, -0.15) is 4.98 Å². The van der Waals surface area contributed by atoms with Gasteiger partial charge in [0, 0.05) is 78.9 Å². The summed E-state index contributed by atoms with van der Waals surface area (Å²) in [6, 6.07) is 18.4. The third-order valence-corrected chi connectivity index (χ3v) is 11.1.